The molecule has 0 unspecified atom stereocenters. The van der Waals surface area contributed by atoms with Gasteiger partial charge < -0.3 is 9.47 Å². The molecule has 3 aromatic rings. The third-order valence-electron chi connectivity index (χ3n) is 7.67. The SMILES string of the molecule is CCCCCCC1(CCCCCC)c2cc(OC)ccc2-c2c1cc(OC)c1ccccc21. The van der Waals surface area contributed by atoms with E-state index in [9.17, 15) is 0 Å². The van der Waals surface area contributed by atoms with Crippen LogP contribution in [0.2, 0.25) is 0 Å². The molecule has 2 heteroatoms. The van der Waals surface area contributed by atoms with Crippen LogP contribution in [0.4, 0.5) is 0 Å². The molecule has 0 aromatic heterocycles. The number of unbranched alkanes of at least 4 members (excludes halogenated alkanes) is 6. The molecular weight excluding hydrogens is 404 g/mol. The lowest BCUT2D eigenvalue weighted by atomic mass is 9.70. The molecule has 33 heavy (non-hydrogen) atoms. The third-order valence-corrected chi connectivity index (χ3v) is 7.67. The van der Waals surface area contributed by atoms with E-state index in [1.165, 1.54) is 97.2 Å². The highest BCUT2D eigenvalue weighted by molar-refractivity contribution is 6.05. The minimum atomic E-state index is 0.0258. The number of rotatable bonds is 12. The molecule has 0 bridgehead atoms. The molecule has 1 aliphatic rings. The Balaban J connectivity index is 1.93. The maximum absolute atomic E-state index is 5.95. The Kier molecular flexibility index (Phi) is 7.63. The Bertz CT molecular complexity index is 1070. The third kappa shape index (κ3) is 4.37. The first-order valence-electron chi connectivity index (χ1n) is 13.0. The fourth-order valence-corrected chi connectivity index (χ4v) is 5.96. The molecule has 0 saturated heterocycles. The van der Waals surface area contributed by atoms with Crippen molar-refractivity contribution in [3.05, 3.63) is 59.7 Å². The summed E-state index contributed by atoms with van der Waals surface area (Å²) in [6.07, 6.45) is 12.6. The van der Waals surface area contributed by atoms with Crippen molar-refractivity contribution in [1.29, 1.82) is 0 Å². The van der Waals surface area contributed by atoms with Gasteiger partial charge in [-0.2, -0.15) is 0 Å². The molecule has 0 saturated carbocycles. The van der Waals surface area contributed by atoms with Gasteiger partial charge in [0.15, 0.2) is 0 Å². The summed E-state index contributed by atoms with van der Waals surface area (Å²) in [6.45, 7) is 4.59. The molecule has 0 spiro atoms. The van der Waals surface area contributed by atoms with E-state index in [2.05, 4.69) is 62.4 Å². The van der Waals surface area contributed by atoms with E-state index in [-0.39, 0.29) is 5.41 Å². The molecule has 176 valence electrons. The average molecular weight is 445 g/mol. The van der Waals surface area contributed by atoms with Crippen molar-refractivity contribution in [3.63, 3.8) is 0 Å². The number of ether oxygens (including phenoxy) is 2. The fraction of sp³-hybridized carbons (Fsp3) is 0.484. The van der Waals surface area contributed by atoms with Gasteiger partial charge in [0.2, 0.25) is 0 Å². The first-order valence-corrected chi connectivity index (χ1v) is 13.0. The monoisotopic (exact) mass is 444 g/mol. The van der Waals surface area contributed by atoms with Gasteiger partial charge in [-0.1, -0.05) is 95.5 Å². The molecule has 3 aromatic carbocycles. The molecular formula is C31H40O2. The Morgan fingerprint density at radius 3 is 1.94 bits per heavy atom. The van der Waals surface area contributed by atoms with E-state index < -0.39 is 0 Å². The first kappa shape index (κ1) is 23.7. The molecule has 0 fully saturated rings. The summed E-state index contributed by atoms with van der Waals surface area (Å²) in [4.78, 5) is 0. The smallest absolute Gasteiger partial charge is 0.127 e. The number of hydrogen-bond donors (Lipinski definition) is 0. The van der Waals surface area contributed by atoms with Crippen molar-refractivity contribution in [1.82, 2.24) is 0 Å². The van der Waals surface area contributed by atoms with Crippen LogP contribution >= 0.6 is 0 Å². The van der Waals surface area contributed by atoms with Crippen LogP contribution in [-0.4, -0.2) is 14.2 Å². The molecule has 0 atom stereocenters. The largest absolute Gasteiger partial charge is 0.497 e. The summed E-state index contributed by atoms with van der Waals surface area (Å²) in [7, 11) is 3.59. The van der Waals surface area contributed by atoms with Crippen molar-refractivity contribution >= 4 is 10.8 Å². The van der Waals surface area contributed by atoms with E-state index in [4.69, 9.17) is 9.47 Å². The molecule has 1 aliphatic carbocycles. The van der Waals surface area contributed by atoms with Crippen LogP contribution in [0.25, 0.3) is 21.9 Å². The Morgan fingerprint density at radius 1 is 0.667 bits per heavy atom. The quantitative estimate of drug-likeness (QED) is 0.259. The van der Waals surface area contributed by atoms with Crippen LogP contribution in [0, 0.1) is 0 Å². The lowest BCUT2D eigenvalue weighted by Gasteiger charge is -2.33. The van der Waals surface area contributed by atoms with Gasteiger partial charge in [-0.05, 0) is 58.7 Å². The molecule has 0 aliphatic heterocycles. The molecule has 4 rings (SSSR count). The highest BCUT2D eigenvalue weighted by Crippen LogP contribution is 2.58. The zero-order valence-electron chi connectivity index (χ0n) is 21.0. The van der Waals surface area contributed by atoms with Crippen LogP contribution in [0.1, 0.15) is 89.2 Å². The number of hydrogen-bond acceptors (Lipinski definition) is 2. The van der Waals surface area contributed by atoms with Crippen LogP contribution in [0.5, 0.6) is 11.5 Å². The molecule has 0 N–H and O–H groups in total. The topological polar surface area (TPSA) is 18.5 Å². The fourth-order valence-electron chi connectivity index (χ4n) is 5.96. The van der Waals surface area contributed by atoms with Crippen LogP contribution in [0.15, 0.2) is 48.5 Å². The Morgan fingerprint density at radius 2 is 1.33 bits per heavy atom. The minimum Gasteiger partial charge on any atom is -0.497 e. The highest BCUT2D eigenvalue weighted by Gasteiger charge is 2.43. The van der Waals surface area contributed by atoms with Crippen molar-refractivity contribution in [2.24, 2.45) is 0 Å². The zero-order chi connectivity index (χ0) is 23.3. The van der Waals surface area contributed by atoms with Gasteiger partial charge >= 0.3 is 0 Å². The van der Waals surface area contributed by atoms with Crippen LogP contribution < -0.4 is 9.47 Å². The second-order valence-corrected chi connectivity index (χ2v) is 9.66. The zero-order valence-corrected chi connectivity index (χ0v) is 21.0. The predicted octanol–water partition coefficient (Wildman–Crippen LogP) is 9.06. The van der Waals surface area contributed by atoms with E-state index in [1.807, 2.05) is 7.11 Å². The van der Waals surface area contributed by atoms with Crippen molar-refractivity contribution in [2.75, 3.05) is 14.2 Å². The second kappa shape index (κ2) is 10.6. The summed E-state index contributed by atoms with van der Waals surface area (Å²) in [5, 5.41) is 2.51. The van der Waals surface area contributed by atoms with Gasteiger partial charge in [0.25, 0.3) is 0 Å². The molecule has 0 heterocycles. The van der Waals surface area contributed by atoms with E-state index in [1.54, 1.807) is 7.11 Å². The maximum Gasteiger partial charge on any atom is 0.127 e. The predicted molar refractivity (Wildman–Crippen MR) is 141 cm³/mol. The first-order chi connectivity index (χ1) is 16.2. The van der Waals surface area contributed by atoms with E-state index in [0.29, 0.717) is 0 Å². The Labute approximate surface area is 200 Å². The summed E-state index contributed by atoms with van der Waals surface area (Å²) >= 11 is 0. The van der Waals surface area contributed by atoms with Gasteiger partial charge in [0.1, 0.15) is 11.5 Å². The summed E-state index contributed by atoms with van der Waals surface area (Å²) in [5.74, 6) is 1.96. The van der Waals surface area contributed by atoms with Crippen LogP contribution in [0.3, 0.4) is 0 Å². The van der Waals surface area contributed by atoms with Gasteiger partial charge in [-0.25, -0.2) is 0 Å². The Hall–Kier alpha value is -2.48. The van der Waals surface area contributed by atoms with Crippen molar-refractivity contribution in [2.45, 2.75) is 83.5 Å². The number of benzene rings is 3. The van der Waals surface area contributed by atoms with E-state index >= 15 is 0 Å². The standard InChI is InChI=1S/C31H40O2/c1-5-7-9-13-19-31(20-14-10-8-6-2)27-21-23(32-3)17-18-26(27)30-25-16-12-11-15-24(25)29(33-4)22-28(30)31/h11-12,15-18,21-22H,5-10,13-14,19-20H2,1-4H3. The summed E-state index contributed by atoms with van der Waals surface area (Å²) in [6, 6.07) is 17.9. The van der Waals surface area contributed by atoms with Gasteiger partial charge in [0, 0.05) is 10.8 Å². The maximum atomic E-state index is 5.95. The van der Waals surface area contributed by atoms with E-state index in [0.717, 1.165) is 11.5 Å². The average Bonchev–Trinajstić information content (AvgIpc) is 3.13. The lowest BCUT2D eigenvalue weighted by Crippen LogP contribution is -2.25. The normalized spacial score (nSPS) is 13.7. The highest BCUT2D eigenvalue weighted by atomic mass is 16.5. The molecule has 0 radical (unpaired) electrons. The lowest BCUT2D eigenvalue weighted by molar-refractivity contribution is 0.388. The minimum absolute atomic E-state index is 0.0258. The molecule has 2 nitrogen and oxygen atoms in total. The summed E-state index contributed by atoms with van der Waals surface area (Å²) in [5.41, 5.74) is 5.75. The van der Waals surface area contributed by atoms with Crippen LogP contribution in [-0.2, 0) is 5.41 Å². The van der Waals surface area contributed by atoms with Gasteiger partial charge in [-0.15, -0.1) is 0 Å². The van der Waals surface area contributed by atoms with Crippen molar-refractivity contribution < 1.29 is 9.47 Å². The van der Waals surface area contributed by atoms with Gasteiger partial charge in [-0.3, -0.25) is 0 Å². The molecule has 0 amide bonds. The second-order valence-electron chi connectivity index (χ2n) is 9.66. The van der Waals surface area contributed by atoms with Crippen molar-refractivity contribution in [3.8, 4) is 22.6 Å². The number of fused-ring (bicyclic) bond motifs is 5. The number of methoxy groups -OCH3 is 2. The summed E-state index contributed by atoms with van der Waals surface area (Å²) < 4.78 is 11.7. The van der Waals surface area contributed by atoms with Gasteiger partial charge in [0.05, 0.1) is 14.2 Å².